The number of fused-ring (bicyclic) bond motifs is 1. The van der Waals surface area contributed by atoms with Crippen molar-refractivity contribution >= 4 is 54.4 Å². The van der Waals surface area contributed by atoms with E-state index in [1.807, 2.05) is 18.2 Å². The largest absolute Gasteiger partial charge is 0.433 e. The van der Waals surface area contributed by atoms with Crippen molar-refractivity contribution in [1.82, 2.24) is 9.88 Å². The Labute approximate surface area is 174 Å². The van der Waals surface area contributed by atoms with Crippen molar-refractivity contribution in [2.24, 2.45) is 0 Å². The third kappa shape index (κ3) is 4.40. The monoisotopic (exact) mass is 466 g/mol. The van der Waals surface area contributed by atoms with Gasteiger partial charge in [-0.1, -0.05) is 41.1 Å². The molecule has 0 aliphatic carbocycles. The fraction of sp³-hybridized carbons (Fsp3) is 0.333. The zero-order chi connectivity index (χ0) is 20.3. The highest BCUT2D eigenvalue weighted by molar-refractivity contribution is 9.10. The predicted octanol–water partition coefficient (Wildman–Crippen LogP) is 4.55. The number of nitro groups is 1. The van der Waals surface area contributed by atoms with E-state index in [2.05, 4.69) is 39.7 Å². The fourth-order valence-corrected chi connectivity index (χ4v) is 4.28. The van der Waals surface area contributed by atoms with Gasteiger partial charge < -0.3 is 9.32 Å². The first-order chi connectivity index (χ1) is 13.4. The maximum absolute atomic E-state index is 13.1. The minimum atomic E-state index is -0.660. The molecule has 28 heavy (non-hydrogen) atoms. The number of nitrogens with zero attached hydrogens (tertiary/aromatic N) is 4. The lowest BCUT2D eigenvalue weighted by Crippen LogP contribution is -2.38. The van der Waals surface area contributed by atoms with Crippen LogP contribution in [0.3, 0.4) is 0 Å². The van der Waals surface area contributed by atoms with Gasteiger partial charge >= 0.3 is 5.88 Å². The van der Waals surface area contributed by atoms with E-state index < -0.39 is 16.7 Å². The van der Waals surface area contributed by atoms with E-state index in [9.17, 15) is 14.9 Å². The van der Waals surface area contributed by atoms with E-state index in [1.54, 1.807) is 0 Å². The van der Waals surface area contributed by atoms with Gasteiger partial charge in [-0.05, 0) is 37.4 Å². The van der Waals surface area contributed by atoms with E-state index in [4.69, 9.17) is 4.42 Å². The molecule has 8 nitrogen and oxygen atoms in total. The summed E-state index contributed by atoms with van der Waals surface area (Å²) in [7, 11) is 0. The number of halogens is 1. The highest BCUT2D eigenvalue weighted by atomic mass is 79.9. The van der Waals surface area contributed by atoms with E-state index in [1.165, 1.54) is 28.4 Å². The second kappa shape index (κ2) is 8.80. The van der Waals surface area contributed by atoms with Crippen molar-refractivity contribution in [3.63, 3.8) is 0 Å². The Balaban J connectivity index is 1.94. The zero-order valence-electron chi connectivity index (χ0n) is 15.4. The third-order valence-electron chi connectivity index (χ3n) is 4.33. The van der Waals surface area contributed by atoms with Crippen LogP contribution in [0.4, 0.5) is 11.0 Å². The smallest absolute Gasteiger partial charge is 0.395 e. The molecule has 0 unspecified atom stereocenters. The first-order valence-electron chi connectivity index (χ1n) is 8.77. The molecule has 0 aliphatic rings. The second-order valence-corrected chi connectivity index (χ2v) is 7.91. The zero-order valence-corrected chi connectivity index (χ0v) is 17.8. The van der Waals surface area contributed by atoms with Crippen LogP contribution < -0.4 is 4.90 Å². The lowest BCUT2D eigenvalue weighted by Gasteiger charge is -2.23. The molecule has 2 aromatic heterocycles. The molecule has 0 bridgehead atoms. The van der Waals surface area contributed by atoms with Gasteiger partial charge in [0.25, 0.3) is 5.91 Å². The number of anilines is 1. The van der Waals surface area contributed by atoms with Crippen molar-refractivity contribution < 1.29 is 14.1 Å². The number of carbonyl (C=O) groups is 1. The minimum Gasteiger partial charge on any atom is -0.395 e. The van der Waals surface area contributed by atoms with Crippen LogP contribution in [0.5, 0.6) is 0 Å². The number of amides is 1. The number of likely N-dealkylation sites (N-methyl/N-ethyl adjacent to an activating group) is 1. The standard InChI is InChI=1S/C18H19BrN4O4S/c1-3-21(4-2)9-10-22(17(24)14-7-8-16(27-14)23(25)26)18-20-13-6-5-12(19)11-15(13)28-18/h5-8,11H,3-4,9-10H2,1-2H3. The summed E-state index contributed by atoms with van der Waals surface area (Å²) in [5.74, 6) is -0.981. The summed E-state index contributed by atoms with van der Waals surface area (Å²) in [6, 6.07) is 8.23. The number of benzene rings is 1. The van der Waals surface area contributed by atoms with Crippen molar-refractivity contribution in [2.45, 2.75) is 13.8 Å². The molecular weight excluding hydrogens is 448 g/mol. The molecule has 3 aromatic rings. The van der Waals surface area contributed by atoms with Gasteiger partial charge in [-0.15, -0.1) is 0 Å². The number of rotatable bonds is 8. The average molecular weight is 467 g/mol. The predicted molar refractivity (Wildman–Crippen MR) is 112 cm³/mol. The number of aromatic nitrogens is 1. The number of carbonyl (C=O) groups excluding carboxylic acids is 1. The van der Waals surface area contributed by atoms with Crippen LogP contribution in [0.15, 0.2) is 39.2 Å². The first kappa shape index (κ1) is 20.4. The Kier molecular flexibility index (Phi) is 6.42. The number of hydrogen-bond donors (Lipinski definition) is 0. The van der Waals surface area contributed by atoms with Gasteiger partial charge in [0, 0.05) is 17.6 Å². The highest BCUT2D eigenvalue weighted by Gasteiger charge is 2.26. The summed E-state index contributed by atoms with van der Waals surface area (Å²) in [5.41, 5.74) is 0.786. The Morgan fingerprint density at radius 2 is 2.00 bits per heavy atom. The quantitative estimate of drug-likeness (QED) is 0.357. The fourth-order valence-electron chi connectivity index (χ4n) is 2.74. The lowest BCUT2D eigenvalue weighted by molar-refractivity contribution is -0.402. The normalized spacial score (nSPS) is 11.3. The average Bonchev–Trinajstić information content (AvgIpc) is 3.31. The van der Waals surface area contributed by atoms with Crippen molar-refractivity contribution in [3.8, 4) is 0 Å². The summed E-state index contributed by atoms with van der Waals surface area (Å²) in [4.78, 5) is 31.6. The van der Waals surface area contributed by atoms with E-state index in [-0.39, 0.29) is 5.76 Å². The van der Waals surface area contributed by atoms with E-state index in [0.29, 0.717) is 18.2 Å². The molecule has 0 saturated heterocycles. The molecule has 0 fully saturated rings. The van der Waals surface area contributed by atoms with Gasteiger partial charge in [-0.25, -0.2) is 4.98 Å². The minimum absolute atomic E-state index is 0.0771. The van der Waals surface area contributed by atoms with Crippen LogP contribution >= 0.6 is 27.3 Å². The molecule has 1 aromatic carbocycles. The Bertz CT molecular complexity index is 999. The van der Waals surface area contributed by atoms with Gasteiger partial charge in [0.15, 0.2) is 10.9 Å². The molecule has 2 heterocycles. The third-order valence-corrected chi connectivity index (χ3v) is 5.87. The molecule has 0 aliphatic heterocycles. The maximum atomic E-state index is 13.1. The topological polar surface area (TPSA) is 92.7 Å². The first-order valence-corrected chi connectivity index (χ1v) is 10.4. The summed E-state index contributed by atoms with van der Waals surface area (Å²) >= 11 is 4.83. The van der Waals surface area contributed by atoms with Crippen molar-refractivity contribution in [3.05, 3.63) is 50.7 Å². The number of furan rings is 1. The summed E-state index contributed by atoms with van der Waals surface area (Å²) in [6.45, 7) is 6.88. The Morgan fingerprint density at radius 1 is 1.25 bits per heavy atom. The van der Waals surface area contributed by atoms with Gasteiger partial charge in [-0.3, -0.25) is 19.8 Å². The SMILES string of the molecule is CCN(CC)CCN(C(=O)c1ccc([N+](=O)[O-])o1)c1nc2ccc(Br)cc2s1. The van der Waals surface area contributed by atoms with Crippen molar-refractivity contribution in [2.75, 3.05) is 31.1 Å². The van der Waals surface area contributed by atoms with E-state index in [0.717, 1.165) is 27.8 Å². The van der Waals surface area contributed by atoms with Crippen LogP contribution in [0.1, 0.15) is 24.4 Å². The molecule has 0 radical (unpaired) electrons. The molecule has 0 saturated carbocycles. The van der Waals surface area contributed by atoms with Crippen LogP contribution in [-0.4, -0.2) is 46.9 Å². The molecule has 0 N–H and O–H groups in total. The van der Waals surface area contributed by atoms with Gasteiger partial charge in [0.05, 0.1) is 16.3 Å². The van der Waals surface area contributed by atoms with E-state index >= 15 is 0 Å². The molecule has 0 atom stereocenters. The number of hydrogen-bond acceptors (Lipinski definition) is 7. The Hall–Kier alpha value is -2.30. The molecule has 10 heteroatoms. The van der Waals surface area contributed by atoms with Gasteiger partial charge in [0.2, 0.25) is 0 Å². The summed E-state index contributed by atoms with van der Waals surface area (Å²) in [5, 5.41) is 11.4. The number of thiazole rings is 1. The van der Waals surface area contributed by atoms with Gasteiger partial charge in [-0.2, -0.15) is 0 Å². The summed E-state index contributed by atoms with van der Waals surface area (Å²) < 4.78 is 7.00. The molecule has 0 spiro atoms. The summed E-state index contributed by atoms with van der Waals surface area (Å²) in [6.07, 6.45) is 0. The lowest BCUT2D eigenvalue weighted by atomic mass is 10.3. The van der Waals surface area contributed by atoms with Crippen LogP contribution in [0, 0.1) is 10.1 Å². The second-order valence-electron chi connectivity index (χ2n) is 5.99. The maximum Gasteiger partial charge on any atom is 0.433 e. The molecule has 148 valence electrons. The van der Waals surface area contributed by atoms with Crippen LogP contribution in [0.25, 0.3) is 10.2 Å². The Morgan fingerprint density at radius 3 is 2.64 bits per heavy atom. The molecule has 3 rings (SSSR count). The molecular formula is C18H19BrN4O4S. The molecule has 1 amide bonds. The van der Waals surface area contributed by atoms with Crippen LogP contribution in [0.2, 0.25) is 0 Å². The van der Waals surface area contributed by atoms with Gasteiger partial charge in [0.1, 0.15) is 4.92 Å². The van der Waals surface area contributed by atoms with Crippen LogP contribution in [-0.2, 0) is 0 Å². The highest BCUT2D eigenvalue weighted by Crippen LogP contribution is 2.32. The van der Waals surface area contributed by atoms with Crippen molar-refractivity contribution in [1.29, 1.82) is 0 Å².